The van der Waals surface area contributed by atoms with Gasteiger partial charge in [-0.3, -0.25) is 9.59 Å². The summed E-state index contributed by atoms with van der Waals surface area (Å²) in [7, 11) is 0. The maximum atomic E-state index is 12.6. The van der Waals surface area contributed by atoms with Crippen LogP contribution in [0.3, 0.4) is 0 Å². The first-order valence-electron chi connectivity index (χ1n) is 11.1. The highest BCUT2D eigenvalue weighted by molar-refractivity contribution is 8.00. The molecule has 3 aromatic rings. The van der Waals surface area contributed by atoms with E-state index in [9.17, 15) is 24.8 Å². The second kappa shape index (κ2) is 10.8. The van der Waals surface area contributed by atoms with Crippen molar-refractivity contribution in [2.75, 3.05) is 16.4 Å². The van der Waals surface area contributed by atoms with Gasteiger partial charge < -0.3 is 15.7 Å². The minimum absolute atomic E-state index is 0.0683. The van der Waals surface area contributed by atoms with Crippen molar-refractivity contribution in [2.24, 2.45) is 5.92 Å². The third-order valence-corrected chi connectivity index (χ3v) is 7.90. The zero-order valence-corrected chi connectivity index (χ0v) is 20.6. The average molecular weight is 506 g/mol. The molecule has 0 radical (unpaired) electrons. The SMILES string of the molecule is CC1CCc2c(sc(NC(=O)CSc3cccc(NC(=O)c4ccccc4C(=O)O)c3)c2C#N)C1. The van der Waals surface area contributed by atoms with Crippen LogP contribution in [-0.4, -0.2) is 28.6 Å². The molecule has 0 aliphatic heterocycles. The quantitative estimate of drug-likeness (QED) is 0.369. The number of thiophene rings is 1. The molecule has 1 heterocycles. The van der Waals surface area contributed by atoms with Gasteiger partial charge >= 0.3 is 5.97 Å². The Morgan fingerprint density at radius 1 is 1.14 bits per heavy atom. The van der Waals surface area contributed by atoms with Crippen molar-refractivity contribution >= 4 is 51.6 Å². The number of carboxylic acids is 1. The Balaban J connectivity index is 1.39. The molecule has 0 fully saturated rings. The fraction of sp³-hybridized carbons (Fsp3) is 0.231. The van der Waals surface area contributed by atoms with Gasteiger partial charge in [0.15, 0.2) is 0 Å². The molecule has 2 amide bonds. The Kier molecular flexibility index (Phi) is 7.54. The second-order valence-corrected chi connectivity index (χ2v) is 10.5. The second-order valence-electron chi connectivity index (χ2n) is 8.34. The number of carbonyl (C=O) groups is 3. The van der Waals surface area contributed by atoms with E-state index in [-0.39, 0.29) is 22.8 Å². The van der Waals surface area contributed by atoms with Gasteiger partial charge in [0, 0.05) is 15.5 Å². The number of nitriles is 1. The van der Waals surface area contributed by atoms with E-state index in [2.05, 4.69) is 23.6 Å². The first-order valence-corrected chi connectivity index (χ1v) is 12.9. The molecule has 35 heavy (non-hydrogen) atoms. The Labute approximate surface area is 211 Å². The minimum atomic E-state index is -1.17. The average Bonchev–Trinajstić information content (AvgIpc) is 3.18. The number of amides is 2. The van der Waals surface area contributed by atoms with Crippen molar-refractivity contribution < 1.29 is 19.5 Å². The van der Waals surface area contributed by atoms with Crippen LogP contribution >= 0.6 is 23.1 Å². The molecule has 178 valence electrons. The number of aromatic carboxylic acids is 1. The number of carboxylic acid groups (broad SMARTS) is 1. The van der Waals surface area contributed by atoms with Crippen LogP contribution in [0.1, 0.15) is 50.1 Å². The van der Waals surface area contributed by atoms with Gasteiger partial charge in [0.2, 0.25) is 5.91 Å². The molecule has 1 aromatic heterocycles. The van der Waals surface area contributed by atoms with Crippen LogP contribution in [0.4, 0.5) is 10.7 Å². The molecule has 0 saturated carbocycles. The normalized spacial score (nSPS) is 14.5. The number of benzene rings is 2. The minimum Gasteiger partial charge on any atom is -0.478 e. The van der Waals surface area contributed by atoms with Gasteiger partial charge in [-0.2, -0.15) is 5.26 Å². The molecule has 7 nitrogen and oxygen atoms in total. The van der Waals surface area contributed by atoms with Gasteiger partial charge in [0.05, 0.1) is 22.4 Å². The fourth-order valence-corrected chi connectivity index (χ4v) is 6.13. The zero-order valence-electron chi connectivity index (χ0n) is 19.0. The molecule has 1 atom stereocenters. The Hall–Kier alpha value is -3.61. The van der Waals surface area contributed by atoms with Crippen LogP contribution in [-0.2, 0) is 17.6 Å². The summed E-state index contributed by atoms with van der Waals surface area (Å²) in [5.41, 5.74) is 2.15. The highest BCUT2D eigenvalue weighted by Gasteiger charge is 2.24. The summed E-state index contributed by atoms with van der Waals surface area (Å²) < 4.78 is 0. The third kappa shape index (κ3) is 5.73. The van der Waals surface area contributed by atoms with Crippen LogP contribution in [0.25, 0.3) is 0 Å². The lowest BCUT2D eigenvalue weighted by Crippen LogP contribution is -2.16. The zero-order chi connectivity index (χ0) is 24.9. The number of thioether (sulfide) groups is 1. The summed E-state index contributed by atoms with van der Waals surface area (Å²) in [5.74, 6) is -1.18. The lowest BCUT2D eigenvalue weighted by molar-refractivity contribution is -0.113. The maximum Gasteiger partial charge on any atom is 0.336 e. The molecule has 1 aliphatic rings. The largest absolute Gasteiger partial charge is 0.478 e. The summed E-state index contributed by atoms with van der Waals surface area (Å²) in [4.78, 5) is 38.6. The van der Waals surface area contributed by atoms with Gasteiger partial charge in [-0.05, 0) is 61.1 Å². The van der Waals surface area contributed by atoms with Gasteiger partial charge in [0.1, 0.15) is 11.1 Å². The van der Waals surface area contributed by atoms with Crippen molar-refractivity contribution in [1.29, 1.82) is 5.26 Å². The maximum absolute atomic E-state index is 12.6. The number of hydrogen-bond donors (Lipinski definition) is 3. The molecule has 1 unspecified atom stereocenters. The number of nitrogens with zero attached hydrogens (tertiary/aromatic N) is 1. The Bertz CT molecular complexity index is 1340. The van der Waals surface area contributed by atoms with Crippen LogP contribution in [0.5, 0.6) is 0 Å². The highest BCUT2D eigenvalue weighted by atomic mass is 32.2. The third-order valence-electron chi connectivity index (χ3n) is 5.74. The summed E-state index contributed by atoms with van der Waals surface area (Å²) in [6.07, 6.45) is 2.86. The van der Waals surface area contributed by atoms with Gasteiger partial charge in [-0.15, -0.1) is 23.1 Å². The topological polar surface area (TPSA) is 119 Å². The summed E-state index contributed by atoms with van der Waals surface area (Å²) >= 11 is 2.80. The smallest absolute Gasteiger partial charge is 0.336 e. The van der Waals surface area contributed by atoms with Crippen molar-refractivity contribution in [3.8, 4) is 6.07 Å². The molecule has 4 rings (SSSR count). The number of fused-ring (bicyclic) bond motifs is 1. The van der Waals surface area contributed by atoms with Crippen LogP contribution in [0.2, 0.25) is 0 Å². The molecular weight excluding hydrogens is 482 g/mol. The lowest BCUT2D eigenvalue weighted by Gasteiger charge is -2.17. The van der Waals surface area contributed by atoms with Gasteiger partial charge in [0.25, 0.3) is 5.91 Å². The van der Waals surface area contributed by atoms with E-state index in [1.807, 2.05) is 6.07 Å². The molecule has 2 aromatic carbocycles. The van der Waals surface area contributed by atoms with Crippen LogP contribution in [0.15, 0.2) is 53.4 Å². The number of carbonyl (C=O) groups excluding carboxylic acids is 2. The van der Waals surface area contributed by atoms with Crippen molar-refractivity contribution in [2.45, 2.75) is 31.1 Å². The predicted molar refractivity (Wildman–Crippen MR) is 137 cm³/mol. The van der Waals surface area contributed by atoms with E-state index in [0.29, 0.717) is 22.2 Å². The van der Waals surface area contributed by atoms with E-state index < -0.39 is 11.9 Å². The Morgan fingerprint density at radius 3 is 2.66 bits per heavy atom. The van der Waals surface area contributed by atoms with Crippen LogP contribution < -0.4 is 10.6 Å². The lowest BCUT2D eigenvalue weighted by atomic mass is 9.89. The molecule has 1 aliphatic carbocycles. The van der Waals surface area contributed by atoms with E-state index in [1.54, 1.807) is 30.3 Å². The van der Waals surface area contributed by atoms with E-state index >= 15 is 0 Å². The first-order chi connectivity index (χ1) is 16.9. The van der Waals surface area contributed by atoms with E-state index in [1.165, 1.54) is 40.1 Å². The number of anilines is 2. The molecule has 9 heteroatoms. The summed E-state index contributed by atoms with van der Waals surface area (Å²) in [6.45, 7) is 2.20. The molecular formula is C26H23N3O4S2. The van der Waals surface area contributed by atoms with Crippen molar-refractivity contribution in [3.05, 3.63) is 75.7 Å². The molecule has 0 saturated heterocycles. The standard InChI is InChI=1S/C26H23N3O4S2/c1-15-9-10-18-21(13-27)25(35-22(18)11-15)29-23(30)14-34-17-6-4-5-16(12-17)28-24(31)19-7-2-3-8-20(19)26(32)33/h2-8,12,15H,9-11,14H2,1H3,(H,28,31)(H,29,30)(H,32,33). The van der Waals surface area contributed by atoms with Gasteiger partial charge in [-0.1, -0.05) is 25.1 Å². The van der Waals surface area contributed by atoms with Crippen molar-refractivity contribution in [3.63, 3.8) is 0 Å². The van der Waals surface area contributed by atoms with E-state index in [0.717, 1.165) is 29.7 Å². The monoisotopic (exact) mass is 505 g/mol. The number of hydrogen-bond acceptors (Lipinski definition) is 6. The number of rotatable bonds is 7. The summed E-state index contributed by atoms with van der Waals surface area (Å²) in [5, 5.41) is 25.2. The van der Waals surface area contributed by atoms with Gasteiger partial charge in [-0.25, -0.2) is 4.79 Å². The molecule has 0 bridgehead atoms. The van der Waals surface area contributed by atoms with Crippen LogP contribution in [0, 0.1) is 17.2 Å². The highest BCUT2D eigenvalue weighted by Crippen LogP contribution is 2.39. The fourth-order valence-electron chi connectivity index (χ4n) is 4.00. The predicted octanol–water partition coefficient (Wildman–Crippen LogP) is 5.43. The molecule has 0 spiro atoms. The van der Waals surface area contributed by atoms with E-state index in [4.69, 9.17) is 0 Å². The Morgan fingerprint density at radius 2 is 1.91 bits per heavy atom. The van der Waals surface area contributed by atoms with Crippen molar-refractivity contribution in [1.82, 2.24) is 0 Å². The molecule has 3 N–H and O–H groups in total. The number of nitrogens with one attached hydrogen (secondary N) is 2. The first kappa shape index (κ1) is 24.5. The summed E-state index contributed by atoms with van der Waals surface area (Å²) in [6, 6.07) is 15.3.